The van der Waals surface area contributed by atoms with Crippen molar-refractivity contribution in [3.05, 3.63) is 55.4 Å². The molecule has 0 amide bonds. The first-order valence-corrected chi connectivity index (χ1v) is 9.40. The van der Waals surface area contributed by atoms with Crippen molar-refractivity contribution in [1.29, 1.82) is 0 Å². The number of benzene rings is 2. The van der Waals surface area contributed by atoms with Crippen LogP contribution in [0.25, 0.3) is 0 Å². The van der Waals surface area contributed by atoms with Gasteiger partial charge in [-0.1, -0.05) is 33.6 Å². The Bertz CT molecular complexity index is 807. The summed E-state index contributed by atoms with van der Waals surface area (Å²) in [4.78, 5) is 0.223. The third kappa shape index (κ3) is 3.80. The molecule has 0 saturated heterocycles. The molecule has 0 unspecified atom stereocenters. The Morgan fingerprint density at radius 2 is 1.71 bits per heavy atom. The van der Waals surface area contributed by atoms with Crippen molar-refractivity contribution in [2.75, 3.05) is 4.72 Å². The fourth-order valence-electron chi connectivity index (χ4n) is 1.79. The molecule has 2 rings (SSSR count). The summed E-state index contributed by atoms with van der Waals surface area (Å²) in [5.74, 6) is 0. The lowest BCUT2D eigenvalue weighted by molar-refractivity contribution is 0.600. The molecule has 0 saturated carbocycles. The average Bonchev–Trinajstić information content (AvgIpc) is 2.38. The van der Waals surface area contributed by atoms with Gasteiger partial charge in [0.05, 0.1) is 10.6 Å². The van der Waals surface area contributed by atoms with Crippen LogP contribution in [-0.2, 0) is 10.0 Å². The molecule has 0 radical (unpaired) electrons. The lowest BCUT2D eigenvalue weighted by atomic mass is 10.2. The molecule has 2 aromatic rings. The first-order valence-electron chi connectivity index (χ1n) is 5.95. The van der Waals surface area contributed by atoms with E-state index in [2.05, 4.69) is 36.6 Å². The molecular weight excluding hydrogens is 441 g/mol. The molecule has 0 aliphatic heterocycles. The summed E-state index contributed by atoms with van der Waals surface area (Å²) in [7, 11) is -3.69. The van der Waals surface area contributed by atoms with E-state index in [0.717, 1.165) is 5.56 Å². The molecular formula is C14H12Br2ClNO2S. The van der Waals surface area contributed by atoms with Crippen LogP contribution in [0.1, 0.15) is 11.1 Å². The van der Waals surface area contributed by atoms with E-state index < -0.39 is 10.0 Å². The van der Waals surface area contributed by atoms with Crippen LogP contribution in [0.5, 0.6) is 0 Å². The Kier molecular flexibility index (Phi) is 5.03. The van der Waals surface area contributed by atoms with E-state index in [1.807, 2.05) is 6.92 Å². The molecule has 112 valence electrons. The van der Waals surface area contributed by atoms with Crippen LogP contribution in [-0.4, -0.2) is 8.42 Å². The zero-order valence-corrected chi connectivity index (χ0v) is 16.0. The third-order valence-electron chi connectivity index (χ3n) is 2.93. The van der Waals surface area contributed by atoms with Crippen molar-refractivity contribution in [2.45, 2.75) is 18.7 Å². The summed E-state index contributed by atoms with van der Waals surface area (Å²) in [6, 6.07) is 8.48. The maximum Gasteiger partial charge on any atom is 0.262 e. The highest BCUT2D eigenvalue weighted by Crippen LogP contribution is 2.31. The Morgan fingerprint density at radius 3 is 2.38 bits per heavy atom. The maximum atomic E-state index is 12.5. The molecule has 0 aliphatic rings. The van der Waals surface area contributed by atoms with Crippen molar-refractivity contribution >= 4 is 59.2 Å². The Balaban J connectivity index is 2.47. The summed E-state index contributed by atoms with van der Waals surface area (Å²) < 4.78 is 29.0. The van der Waals surface area contributed by atoms with Gasteiger partial charge in [0.1, 0.15) is 0 Å². The van der Waals surface area contributed by atoms with Gasteiger partial charge in [0.15, 0.2) is 0 Å². The van der Waals surface area contributed by atoms with Crippen LogP contribution in [0.15, 0.2) is 44.2 Å². The van der Waals surface area contributed by atoms with E-state index in [1.165, 1.54) is 0 Å². The van der Waals surface area contributed by atoms with Crippen LogP contribution in [0.4, 0.5) is 5.69 Å². The van der Waals surface area contributed by atoms with E-state index in [-0.39, 0.29) is 4.90 Å². The van der Waals surface area contributed by atoms with Gasteiger partial charge in [0.25, 0.3) is 10.0 Å². The minimum absolute atomic E-state index is 0.223. The second-order valence-corrected chi connectivity index (χ2v) is 8.42. The van der Waals surface area contributed by atoms with Gasteiger partial charge in [-0.2, -0.15) is 0 Å². The van der Waals surface area contributed by atoms with Gasteiger partial charge in [-0.3, -0.25) is 4.72 Å². The first kappa shape index (κ1) is 16.8. The smallest absolute Gasteiger partial charge is 0.262 e. The predicted molar refractivity (Wildman–Crippen MR) is 93.6 cm³/mol. The van der Waals surface area contributed by atoms with Crippen LogP contribution >= 0.6 is 43.5 Å². The Morgan fingerprint density at radius 1 is 1.05 bits per heavy atom. The van der Waals surface area contributed by atoms with E-state index in [0.29, 0.717) is 25.2 Å². The molecule has 21 heavy (non-hydrogen) atoms. The van der Waals surface area contributed by atoms with Gasteiger partial charge in [0.2, 0.25) is 0 Å². The maximum absolute atomic E-state index is 12.5. The summed E-state index contributed by atoms with van der Waals surface area (Å²) >= 11 is 12.7. The number of nitrogens with one attached hydrogen (secondary N) is 1. The van der Waals surface area contributed by atoms with Crippen molar-refractivity contribution in [1.82, 2.24) is 0 Å². The quantitative estimate of drug-likeness (QED) is 0.687. The number of rotatable bonds is 3. The molecule has 0 aromatic heterocycles. The number of sulfonamides is 1. The fourth-order valence-corrected chi connectivity index (χ4v) is 4.49. The molecule has 3 nitrogen and oxygen atoms in total. The van der Waals surface area contributed by atoms with E-state index >= 15 is 0 Å². The predicted octanol–water partition coefficient (Wildman–Crippen LogP) is 5.28. The molecule has 0 bridgehead atoms. The fraction of sp³-hybridized carbons (Fsp3) is 0.143. The summed E-state index contributed by atoms with van der Waals surface area (Å²) in [6.45, 7) is 3.60. The van der Waals surface area contributed by atoms with Crippen LogP contribution in [0.2, 0.25) is 5.02 Å². The van der Waals surface area contributed by atoms with Crippen molar-refractivity contribution < 1.29 is 8.42 Å². The first-order chi connectivity index (χ1) is 9.70. The van der Waals surface area contributed by atoms with Crippen LogP contribution < -0.4 is 4.72 Å². The van der Waals surface area contributed by atoms with Gasteiger partial charge in [0, 0.05) is 14.0 Å². The van der Waals surface area contributed by atoms with Gasteiger partial charge in [-0.05, 0) is 65.2 Å². The normalized spacial score (nSPS) is 11.5. The lowest BCUT2D eigenvalue weighted by Gasteiger charge is -2.13. The topological polar surface area (TPSA) is 46.2 Å². The zero-order valence-electron chi connectivity index (χ0n) is 11.2. The van der Waals surface area contributed by atoms with Gasteiger partial charge < -0.3 is 0 Å². The van der Waals surface area contributed by atoms with E-state index in [4.69, 9.17) is 11.6 Å². The van der Waals surface area contributed by atoms with Gasteiger partial charge in [-0.25, -0.2) is 8.42 Å². The molecule has 0 aliphatic carbocycles. The second kappa shape index (κ2) is 6.28. The molecule has 0 heterocycles. The molecule has 0 fully saturated rings. The minimum atomic E-state index is -3.69. The number of hydrogen-bond donors (Lipinski definition) is 1. The van der Waals surface area contributed by atoms with Gasteiger partial charge in [-0.15, -0.1) is 0 Å². The average molecular weight is 454 g/mol. The second-order valence-electron chi connectivity index (χ2n) is 4.60. The Hall–Kier alpha value is -0.560. The highest BCUT2D eigenvalue weighted by atomic mass is 79.9. The Labute approximate surface area is 146 Å². The molecule has 7 heteroatoms. The van der Waals surface area contributed by atoms with Crippen LogP contribution in [0, 0.1) is 13.8 Å². The van der Waals surface area contributed by atoms with E-state index in [9.17, 15) is 8.42 Å². The molecule has 0 atom stereocenters. The zero-order chi connectivity index (χ0) is 15.8. The van der Waals surface area contributed by atoms with Gasteiger partial charge >= 0.3 is 0 Å². The number of hydrogen-bond acceptors (Lipinski definition) is 2. The summed E-state index contributed by atoms with van der Waals surface area (Å²) in [5, 5.41) is 0.502. The summed E-state index contributed by atoms with van der Waals surface area (Å²) in [6.07, 6.45) is 0. The monoisotopic (exact) mass is 451 g/mol. The largest absolute Gasteiger partial charge is 0.278 e. The molecule has 2 aromatic carbocycles. The van der Waals surface area contributed by atoms with Crippen molar-refractivity contribution in [3.63, 3.8) is 0 Å². The molecule has 1 N–H and O–H groups in total. The van der Waals surface area contributed by atoms with Crippen molar-refractivity contribution in [2.24, 2.45) is 0 Å². The standard InChI is InChI=1S/C14H12Br2ClNO2S/c1-8-3-4-10(15)6-14(8)21(19,20)18-13-7-12(17)9(2)5-11(13)16/h3-7,18H,1-2H3. The highest BCUT2D eigenvalue weighted by Gasteiger charge is 2.19. The highest BCUT2D eigenvalue weighted by molar-refractivity contribution is 9.10. The SMILES string of the molecule is Cc1cc(Br)c(NS(=O)(=O)c2cc(Br)ccc2C)cc1Cl. The van der Waals surface area contributed by atoms with Crippen molar-refractivity contribution in [3.8, 4) is 0 Å². The van der Waals surface area contributed by atoms with E-state index in [1.54, 1.807) is 37.3 Å². The lowest BCUT2D eigenvalue weighted by Crippen LogP contribution is -2.14. The minimum Gasteiger partial charge on any atom is -0.278 e. The third-order valence-corrected chi connectivity index (χ3v) is 6.00. The molecule has 0 spiro atoms. The number of anilines is 1. The van der Waals surface area contributed by atoms with Crippen LogP contribution in [0.3, 0.4) is 0 Å². The number of aryl methyl sites for hydroxylation is 2. The number of halogens is 3. The summed E-state index contributed by atoms with van der Waals surface area (Å²) in [5.41, 5.74) is 1.94.